The van der Waals surface area contributed by atoms with E-state index in [1.54, 1.807) is 12.4 Å². The molecular formula is C30H37N5O. The molecule has 2 unspecified atom stereocenters. The summed E-state index contributed by atoms with van der Waals surface area (Å²) < 4.78 is 2.08. The molecule has 2 aromatic rings. The van der Waals surface area contributed by atoms with E-state index in [0.717, 1.165) is 41.8 Å². The van der Waals surface area contributed by atoms with E-state index in [0.29, 0.717) is 29.2 Å². The van der Waals surface area contributed by atoms with Crippen LogP contribution in [0.2, 0.25) is 0 Å². The average Bonchev–Trinajstić information content (AvgIpc) is 2.87. The number of nitrogens with one attached hydrogen (secondary N) is 1. The minimum absolute atomic E-state index is 0.0129. The van der Waals surface area contributed by atoms with Gasteiger partial charge in [0.2, 0.25) is 0 Å². The van der Waals surface area contributed by atoms with Gasteiger partial charge in [0, 0.05) is 36.1 Å². The van der Waals surface area contributed by atoms with Crippen molar-refractivity contribution in [3.63, 3.8) is 0 Å². The van der Waals surface area contributed by atoms with Gasteiger partial charge in [0.15, 0.2) is 5.69 Å². The quantitative estimate of drug-likeness (QED) is 0.634. The van der Waals surface area contributed by atoms with Crippen LogP contribution in [0.1, 0.15) is 82.4 Å². The standard InChI is InChI=1S/C30H37N5O/c1-19-17-31-18-27(32-19)29-30(36)35(28-11-3-2-10-26(28)33-29)25-15-22-8-5-9-23(16-25)34(22)24-13-20-6-4-7-21(12-20)14-24/h2-3,10-11,17-18,20-25,32H,1,4-9,12-16H2/t20-,21+,22-,23+,24?,25?. The molecule has 7 rings (SSSR count). The Balaban J connectivity index is 1.25. The van der Waals surface area contributed by atoms with E-state index >= 15 is 0 Å². The third-order valence-electron chi connectivity index (χ3n) is 9.67. The fourth-order valence-electron chi connectivity index (χ4n) is 8.39. The molecule has 4 bridgehead atoms. The molecule has 4 heterocycles. The summed E-state index contributed by atoms with van der Waals surface area (Å²) in [7, 11) is 0. The van der Waals surface area contributed by atoms with Gasteiger partial charge >= 0.3 is 0 Å². The van der Waals surface area contributed by atoms with Crippen molar-refractivity contribution in [3.8, 4) is 0 Å². The van der Waals surface area contributed by atoms with Gasteiger partial charge in [0.05, 0.1) is 22.9 Å². The topological polar surface area (TPSA) is 62.5 Å². The number of nitrogens with zero attached hydrogens (tertiary/aromatic N) is 4. The summed E-state index contributed by atoms with van der Waals surface area (Å²) in [5.74, 6) is 1.90. The average molecular weight is 484 g/mol. The molecule has 2 saturated heterocycles. The van der Waals surface area contributed by atoms with Crippen molar-refractivity contribution in [2.45, 2.75) is 94.8 Å². The molecule has 1 aromatic heterocycles. The highest BCUT2D eigenvalue weighted by molar-refractivity contribution is 5.85. The van der Waals surface area contributed by atoms with Crippen molar-refractivity contribution in [2.75, 3.05) is 0 Å². The van der Waals surface area contributed by atoms with E-state index in [1.807, 2.05) is 18.2 Å². The Morgan fingerprint density at radius 3 is 2.33 bits per heavy atom. The first kappa shape index (κ1) is 22.5. The van der Waals surface area contributed by atoms with Gasteiger partial charge in [-0.15, -0.1) is 0 Å². The summed E-state index contributed by atoms with van der Waals surface area (Å²) in [6.45, 7) is 3.96. The molecule has 4 fully saturated rings. The number of allylic oxidation sites excluding steroid dienone is 1. The van der Waals surface area contributed by atoms with E-state index in [1.165, 1.54) is 57.8 Å². The number of benzene rings is 1. The molecular weight excluding hydrogens is 446 g/mol. The first-order valence-corrected chi connectivity index (χ1v) is 14.1. The molecule has 2 aliphatic carbocycles. The fraction of sp³-hybridized carbons (Fsp3) is 0.567. The molecule has 3 aliphatic heterocycles. The monoisotopic (exact) mass is 483 g/mol. The summed E-state index contributed by atoms with van der Waals surface area (Å²) in [6.07, 6.45) is 18.0. The van der Waals surface area contributed by atoms with Gasteiger partial charge in [0.1, 0.15) is 0 Å². The van der Waals surface area contributed by atoms with Crippen LogP contribution in [0.25, 0.3) is 16.7 Å². The van der Waals surface area contributed by atoms with E-state index in [-0.39, 0.29) is 11.6 Å². The molecule has 6 heteroatoms. The van der Waals surface area contributed by atoms with Gasteiger partial charge in [-0.1, -0.05) is 44.4 Å². The zero-order valence-corrected chi connectivity index (χ0v) is 21.1. The SMILES string of the molecule is C=C1C=NC=C(c2nc3ccccc3n(C3C[C@H]4CCC[C@@H](C3)N4C3C[C@H]4CCC[C@@H](C3)C4)c2=O)N1. The molecule has 0 radical (unpaired) electrons. The number of para-hydroxylation sites is 2. The van der Waals surface area contributed by atoms with Gasteiger partial charge in [-0.05, 0) is 68.9 Å². The zero-order chi connectivity index (χ0) is 24.2. The Morgan fingerprint density at radius 2 is 1.58 bits per heavy atom. The second-order valence-electron chi connectivity index (χ2n) is 11.9. The Kier molecular flexibility index (Phi) is 5.61. The third kappa shape index (κ3) is 3.85. The number of fused-ring (bicyclic) bond motifs is 5. The molecule has 1 aromatic carbocycles. The molecule has 5 aliphatic rings. The largest absolute Gasteiger partial charge is 0.352 e. The van der Waals surface area contributed by atoms with Crippen LogP contribution in [0.5, 0.6) is 0 Å². The summed E-state index contributed by atoms with van der Waals surface area (Å²) in [6, 6.07) is 10.3. The van der Waals surface area contributed by atoms with E-state index in [4.69, 9.17) is 4.98 Å². The van der Waals surface area contributed by atoms with Crippen molar-refractivity contribution in [2.24, 2.45) is 16.8 Å². The third-order valence-corrected chi connectivity index (χ3v) is 9.67. The van der Waals surface area contributed by atoms with Crippen molar-refractivity contribution < 1.29 is 0 Å². The zero-order valence-electron chi connectivity index (χ0n) is 21.1. The number of piperidine rings is 2. The van der Waals surface area contributed by atoms with Crippen LogP contribution >= 0.6 is 0 Å². The highest BCUT2D eigenvalue weighted by atomic mass is 16.1. The van der Waals surface area contributed by atoms with Crippen molar-refractivity contribution >= 4 is 22.9 Å². The minimum atomic E-state index is -0.0129. The van der Waals surface area contributed by atoms with Gasteiger partial charge < -0.3 is 9.88 Å². The van der Waals surface area contributed by atoms with E-state index in [9.17, 15) is 4.79 Å². The van der Waals surface area contributed by atoms with Crippen LogP contribution in [0, 0.1) is 11.8 Å². The first-order valence-electron chi connectivity index (χ1n) is 14.1. The maximum absolute atomic E-state index is 14.0. The smallest absolute Gasteiger partial charge is 0.279 e. The molecule has 1 N–H and O–H groups in total. The van der Waals surface area contributed by atoms with Crippen LogP contribution in [0.3, 0.4) is 0 Å². The lowest BCUT2D eigenvalue weighted by molar-refractivity contribution is -0.0486. The highest BCUT2D eigenvalue weighted by Crippen LogP contribution is 2.47. The minimum Gasteiger partial charge on any atom is -0.352 e. The molecule has 6 atom stereocenters. The van der Waals surface area contributed by atoms with Crippen LogP contribution in [0.15, 0.2) is 52.5 Å². The summed E-state index contributed by atoms with van der Waals surface area (Å²) in [5.41, 5.74) is 3.56. The summed E-state index contributed by atoms with van der Waals surface area (Å²) in [5, 5.41) is 3.21. The molecule has 6 nitrogen and oxygen atoms in total. The van der Waals surface area contributed by atoms with Crippen LogP contribution < -0.4 is 10.9 Å². The number of aromatic nitrogens is 2. The van der Waals surface area contributed by atoms with Crippen molar-refractivity contribution in [1.29, 1.82) is 0 Å². The second kappa shape index (κ2) is 8.98. The molecule has 2 saturated carbocycles. The lowest BCUT2D eigenvalue weighted by Gasteiger charge is -2.55. The Labute approximate surface area is 213 Å². The van der Waals surface area contributed by atoms with E-state index in [2.05, 4.69) is 32.4 Å². The van der Waals surface area contributed by atoms with Gasteiger partial charge in [0.25, 0.3) is 5.56 Å². The molecule has 188 valence electrons. The van der Waals surface area contributed by atoms with Crippen LogP contribution in [-0.2, 0) is 0 Å². The Bertz CT molecular complexity index is 1280. The van der Waals surface area contributed by atoms with Gasteiger partial charge in [-0.25, -0.2) is 4.98 Å². The van der Waals surface area contributed by atoms with Crippen LogP contribution in [0.4, 0.5) is 0 Å². The maximum Gasteiger partial charge on any atom is 0.279 e. The maximum atomic E-state index is 14.0. The Hall–Kier alpha value is -2.73. The predicted octanol–water partition coefficient (Wildman–Crippen LogP) is 5.41. The van der Waals surface area contributed by atoms with Gasteiger partial charge in [-0.2, -0.15) is 0 Å². The van der Waals surface area contributed by atoms with E-state index < -0.39 is 0 Å². The Morgan fingerprint density at radius 1 is 0.861 bits per heavy atom. The molecule has 0 spiro atoms. The molecule has 36 heavy (non-hydrogen) atoms. The van der Waals surface area contributed by atoms with Gasteiger partial charge in [-0.3, -0.25) is 14.7 Å². The molecule has 0 amide bonds. The number of hydrogen-bond donors (Lipinski definition) is 1. The van der Waals surface area contributed by atoms with Crippen molar-refractivity contribution in [1.82, 2.24) is 19.8 Å². The summed E-state index contributed by atoms with van der Waals surface area (Å²) >= 11 is 0. The lowest BCUT2D eigenvalue weighted by Crippen LogP contribution is -2.58. The number of rotatable bonds is 3. The highest BCUT2D eigenvalue weighted by Gasteiger charge is 2.45. The van der Waals surface area contributed by atoms with Crippen LogP contribution in [-0.4, -0.2) is 38.8 Å². The normalized spacial score (nSPS) is 34.3. The second-order valence-corrected chi connectivity index (χ2v) is 11.9. The van der Waals surface area contributed by atoms with Crippen molar-refractivity contribution in [3.05, 3.63) is 58.8 Å². The number of aliphatic imine (C=N–C) groups is 1. The fourth-order valence-corrected chi connectivity index (χ4v) is 8.39. The lowest BCUT2D eigenvalue weighted by atomic mass is 9.68. The predicted molar refractivity (Wildman–Crippen MR) is 145 cm³/mol. The number of hydrogen-bond acceptors (Lipinski definition) is 5. The summed E-state index contributed by atoms with van der Waals surface area (Å²) in [4.78, 5) is 26.1. The first-order chi connectivity index (χ1) is 17.6.